The maximum atomic E-state index is 13.5. The molecule has 0 unspecified atom stereocenters. The number of guanidine groups is 1. The van der Waals surface area contributed by atoms with Crippen LogP contribution in [-0.4, -0.2) is 25.5 Å². The fourth-order valence-electron chi connectivity index (χ4n) is 2.68. The Bertz CT molecular complexity index is 817. The number of rotatable bonds is 6. The lowest BCUT2D eigenvalue weighted by Gasteiger charge is -2.27. The van der Waals surface area contributed by atoms with Crippen molar-refractivity contribution in [2.24, 2.45) is 4.99 Å². The topological polar surface area (TPSA) is 65.5 Å². The molecule has 2 rings (SSSR count). The van der Waals surface area contributed by atoms with E-state index in [1.54, 1.807) is 19.2 Å². The highest BCUT2D eigenvalue weighted by atomic mass is 19.1. The first kappa shape index (κ1) is 20.4. The van der Waals surface area contributed by atoms with Gasteiger partial charge in [-0.15, -0.1) is 0 Å². The number of hydrogen-bond donors (Lipinski definition) is 3. The molecule has 144 valence electrons. The van der Waals surface area contributed by atoms with Crippen molar-refractivity contribution in [1.82, 2.24) is 10.6 Å². The Morgan fingerprint density at radius 1 is 1.11 bits per heavy atom. The molecule has 1 amide bonds. The Balaban J connectivity index is 1.93. The molecule has 0 fully saturated rings. The standard InChI is InChI=1S/C21H27FN4O/c1-15(27)26-19-10-5-7-16(11-19)13-24-20(23-4)25-14-21(2,3)17-8-6-9-18(22)12-17/h5-12H,13-14H2,1-4H3,(H,26,27)(H2,23,24,25). The number of hydrogen-bond acceptors (Lipinski definition) is 2. The molecule has 0 radical (unpaired) electrons. The number of benzene rings is 2. The molecule has 0 saturated carbocycles. The van der Waals surface area contributed by atoms with Gasteiger partial charge in [0.1, 0.15) is 5.82 Å². The second-order valence-electron chi connectivity index (χ2n) is 7.06. The first-order valence-corrected chi connectivity index (χ1v) is 8.87. The summed E-state index contributed by atoms with van der Waals surface area (Å²) < 4.78 is 13.5. The van der Waals surface area contributed by atoms with Crippen molar-refractivity contribution in [2.75, 3.05) is 18.9 Å². The number of amides is 1. The van der Waals surface area contributed by atoms with Gasteiger partial charge in [-0.05, 0) is 35.4 Å². The van der Waals surface area contributed by atoms with Crippen LogP contribution >= 0.6 is 0 Å². The molecule has 27 heavy (non-hydrogen) atoms. The SMILES string of the molecule is CN=C(NCc1cccc(NC(C)=O)c1)NCC(C)(C)c1cccc(F)c1. The van der Waals surface area contributed by atoms with Crippen LogP contribution in [0.5, 0.6) is 0 Å². The van der Waals surface area contributed by atoms with E-state index in [4.69, 9.17) is 0 Å². The molecule has 0 aromatic heterocycles. The highest BCUT2D eigenvalue weighted by molar-refractivity contribution is 5.88. The number of nitrogens with one attached hydrogen (secondary N) is 3. The monoisotopic (exact) mass is 370 g/mol. The predicted octanol–water partition coefficient (Wildman–Crippen LogP) is 3.43. The second kappa shape index (κ2) is 9.16. The molecule has 0 aliphatic carbocycles. The van der Waals surface area contributed by atoms with E-state index in [9.17, 15) is 9.18 Å². The van der Waals surface area contributed by atoms with E-state index < -0.39 is 0 Å². The van der Waals surface area contributed by atoms with E-state index in [0.29, 0.717) is 19.0 Å². The minimum absolute atomic E-state index is 0.0998. The smallest absolute Gasteiger partial charge is 0.221 e. The Morgan fingerprint density at radius 3 is 2.52 bits per heavy atom. The molecule has 0 spiro atoms. The Kier molecular flexibility index (Phi) is 6.93. The zero-order valence-corrected chi connectivity index (χ0v) is 16.3. The fraction of sp³-hybridized carbons (Fsp3) is 0.333. The van der Waals surface area contributed by atoms with Gasteiger partial charge >= 0.3 is 0 Å². The van der Waals surface area contributed by atoms with Crippen molar-refractivity contribution in [3.63, 3.8) is 0 Å². The molecule has 0 atom stereocenters. The Hall–Kier alpha value is -2.89. The number of carbonyl (C=O) groups excluding carboxylic acids is 1. The molecule has 2 aromatic rings. The molecule has 0 bridgehead atoms. The summed E-state index contributed by atoms with van der Waals surface area (Å²) in [5.41, 5.74) is 2.45. The fourth-order valence-corrected chi connectivity index (χ4v) is 2.68. The van der Waals surface area contributed by atoms with Crippen molar-refractivity contribution >= 4 is 17.6 Å². The van der Waals surface area contributed by atoms with Crippen molar-refractivity contribution < 1.29 is 9.18 Å². The Morgan fingerprint density at radius 2 is 1.85 bits per heavy atom. The molecule has 0 aliphatic heterocycles. The molecule has 3 N–H and O–H groups in total. The van der Waals surface area contributed by atoms with Gasteiger partial charge in [0.2, 0.25) is 5.91 Å². The van der Waals surface area contributed by atoms with Gasteiger partial charge in [-0.25, -0.2) is 4.39 Å². The number of anilines is 1. The summed E-state index contributed by atoms with van der Waals surface area (Å²) in [6, 6.07) is 14.3. The molecule has 0 aliphatic rings. The van der Waals surface area contributed by atoms with Crippen LogP contribution in [0.3, 0.4) is 0 Å². The van der Waals surface area contributed by atoms with Crippen molar-refractivity contribution in [3.05, 3.63) is 65.5 Å². The summed E-state index contributed by atoms with van der Waals surface area (Å²) in [5, 5.41) is 9.32. The largest absolute Gasteiger partial charge is 0.356 e. The van der Waals surface area contributed by atoms with E-state index in [2.05, 4.69) is 34.8 Å². The molecule has 5 nitrogen and oxygen atoms in total. The summed E-state index contributed by atoms with van der Waals surface area (Å²) in [6.45, 7) is 6.75. The summed E-state index contributed by atoms with van der Waals surface area (Å²) in [6.07, 6.45) is 0. The minimum Gasteiger partial charge on any atom is -0.356 e. The normalized spacial score (nSPS) is 11.8. The van der Waals surface area contributed by atoms with Crippen molar-refractivity contribution in [1.29, 1.82) is 0 Å². The molecular formula is C21H27FN4O. The molecule has 6 heteroatoms. The first-order chi connectivity index (χ1) is 12.8. The van der Waals surface area contributed by atoms with Gasteiger partial charge in [-0.2, -0.15) is 0 Å². The van der Waals surface area contributed by atoms with Crippen LogP contribution in [0.4, 0.5) is 10.1 Å². The molecule has 2 aromatic carbocycles. The molecular weight excluding hydrogens is 343 g/mol. The van der Waals surface area contributed by atoms with Gasteiger partial charge in [0.15, 0.2) is 5.96 Å². The van der Waals surface area contributed by atoms with Crippen LogP contribution in [0.25, 0.3) is 0 Å². The summed E-state index contributed by atoms with van der Waals surface area (Å²) >= 11 is 0. The van der Waals surface area contributed by atoms with Gasteiger partial charge in [0, 0.05) is 38.2 Å². The zero-order chi connectivity index (χ0) is 19.9. The maximum absolute atomic E-state index is 13.5. The minimum atomic E-state index is -0.259. The van der Waals surface area contributed by atoms with Crippen molar-refractivity contribution in [3.8, 4) is 0 Å². The third-order valence-corrected chi connectivity index (χ3v) is 4.23. The van der Waals surface area contributed by atoms with E-state index in [-0.39, 0.29) is 17.1 Å². The lowest BCUT2D eigenvalue weighted by atomic mass is 9.84. The average molecular weight is 370 g/mol. The third-order valence-electron chi connectivity index (χ3n) is 4.23. The van der Waals surface area contributed by atoms with E-state index in [0.717, 1.165) is 16.8 Å². The summed E-state index contributed by atoms with van der Waals surface area (Å²) in [7, 11) is 1.71. The van der Waals surface area contributed by atoms with Gasteiger partial charge in [-0.1, -0.05) is 38.1 Å². The summed E-state index contributed by atoms with van der Waals surface area (Å²) in [5.74, 6) is 0.323. The summed E-state index contributed by atoms with van der Waals surface area (Å²) in [4.78, 5) is 15.4. The zero-order valence-electron chi connectivity index (χ0n) is 16.3. The quantitative estimate of drug-likeness (QED) is 0.539. The lowest BCUT2D eigenvalue weighted by molar-refractivity contribution is -0.114. The van der Waals surface area contributed by atoms with Crippen LogP contribution in [0.1, 0.15) is 31.9 Å². The second-order valence-corrected chi connectivity index (χ2v) is 7.06. The number of carbonyl (C=O) groups is 1. The number of halogens is 1. The van der Waals surface area contributed by atoms with Crippen LogP contribution in [0.15, 0.2) is 53.5 Å². The maximum Gasteiger partial charge on any atom is 0.221 e. The van der Waals surface area contributed by atoms with Gasteiger partial charge in [-0.3, -0.25) is 9.79 Å². The van der Waals surface area contributed by atoms with E-state index in [1.807, 2.05) is 30.3 Å². The Labute approximate surface area is 160 Å². The van der Waals surface area contributed by atoms with Gasteiger partial charge < -0.3 is 16.0 Å². The lowest BCUT2D eigenvalue weighted by Crippen LogP contribution is -2.43. The predicted molar refractivity (Wildman–Crippen MR) is 108 cm³/mol. The van der Waals surface area contributed by atoms with Gasteiger partial charge in [0.25, 0.3) is 0 Å². The first-order valence-electron chi connectivity index (χ1n) is 8.87. The van der Waals surface area contributed by atoms with Crippen LogP contribution in [0, 0.1) is 5.82 Å². The van der Waals surface area contributed by atoms with Crippen LogP contribution in [-0.2, 0) is 16.8 Å². The van der Waals surface area contributed by atoms with Gasteiger partial charge in [0.05, 0.1) is 0 Å². The highest BCUT2D eigenvalue weighted by Gasteiger charge is 2.21. The van der Waals surface area contributed by atoms with E-state index >= 15 is 0 Å². The third kappa shape index (κ3) is 6.40. The van der Waals surface area contributed by atoms with Crippen LogP contribution in [0.2, 0.25) is 0 Å². The van der Waals surface area contributed by atoms with Crippen molar-refractivity contribution in [2.45, 2.75) is 32.7 Å². The van der Waals surface area contributed by atoms with E-state index in [1.165, 1.54) is 13.0 Å². The molecule has 0 saturated heterocycles. The number of aliphatic imine (C=N–C) groups is 1. The average Bonchev–Trinajstić information content (AvgIpc) is 2.61. The van der Waals surface area contributed by atoms with Crippen LogP contribution < -0.4 is 16.0 Å². The highest BCUT2D eigenvalue weighted by Crippen LogP contribution is 2.22. The number of nitrogens with zero attached hydrogens (tertiary/aromatic N) is 1. The molecule has 0 heterocycles.